The molecule has 2 saturated heterocycles. The van der Waals surface area contributed by atoms with Crippen LogP contribution >= 0.6 is 0 Å². The fraction of sp³-hybridized carbons (Fsp3) is 0.545. The number of carbonyl (C=O) groups excluding carboxylic acids is 2. The van der Waals surface area contributed by atoms with Crippen molar-refractivity contribution in [3.8, 4) is 0 Å². The molecule has 7 nitrogen and oxygen atoms in total. The third-order valence-electron chi connectivity index (χ3n) is 8.82. The zero-order valence-corrected chi connectivity index (χ0v) is 23.7. The van der Waals surface area contributed by atoms with Crippen molar-refractivity contribution in [2.45, 2.75) is 88.8 Å². The summed E-state index contributed by atoms with van der Waals surface area (Å²) in [5.41, 5.74) is 1.78. The van der Waals surface area contributed by atoms with Gasteiger partial charge in [-0.05, 0) is 60.9 Å². The van der Waals surface area contributed by atoms with Crippen LogP contribution in [0.4, 0.5) is 4.39 Å². The van der Waals surface area contributed by atoms with Crippen molar-refractivity contribution in [1.82, 2.24) is 10.3 Å². The lowest BCUT2D eigenvalue weighted by Crippen LogP contribution is -2.28. The van der Waals surface area contributed by atoms with Crippen LogP contribution in [0.25, 0.3) is 6.08 Å². The van der Waals surface area contributed by atoms with E-state index in [0.29, 0.717) is 18.9 Å². The fourth-order valence-electron chi connectivity index (χ4n) is 6.76. The zero-order chi connectivity index (χ0) is 28.6. The van der Waals surface area contributed by atoms with Crippen LogP contribution in [0.2, 0.25) is 0 Å². The second-order valence-electron chi connectivity index (χ2n) is 11.6. The lowest BCUT2D eigenvalue weighted by Gasteiger charge is -2.26. The number of amides is 1. The van der Waals surface area contributed by atoms with E-state index in [1.807, 2.05) is 0 Å². The second-order valence-corrected chi connectivity index (χ2v) is 11.6. The fourth-order valence-corrected chi connectivity index (χ4v) is 6.76. The summed E-state index contributed by atoms with van der Waals surface area (Å²) in [4.78, 5) is 29.3. The largest absolute Gasteiger partial charge is 0.458 e. The molecule has 2 aromatic rings. The molecule has 1 amide bonds. The van der Waals surface area contributed by atoms with Gasteiger partial charge in [-0.3, -0.25) is 4.79 Å². The van der Waals surface area contributed by atoms with Gasteiger partial charge in [0, 0.05) is 18.5 Å². The van der Waals surface area contributed by atoms with Gasteiger partial charge in [-0.25, -0.2) is 14.2 Å². The van der Waals surface area contributed by atoms with Gasteiger partial charge < -0.3 is 19.2 Å². The molecular weight excluding hydrogens is 523 g/mol. The van der Waals surface area contributed by atoms with E-state index in [1.165, 1.54) is 69.1 Å². The van der Waals surface area contributed by atoms with E-state index in [2.05, 4.69) is 16.9 Å². The molecule has 1 aliphatic carbocycles. The number of halogens is 1. The van der Waals surface area contributed by atoms with Crippen LogP contribution in [0.1, 0.15) is 97.6 Å². The number of carbonyl (C=O) groups is 2. The molecule has 2 bridgehead atoms. The number of rotatable bonds is 13. The lowest BCUT2D eigenvalue weighted by atomic mass is 9.75. The van der Waals surface area contributed by atoms with Crippen LogP contribution < -0.4 is 5.32 Å². The van der Waals surface area contributed by atoms with Gasteiger partial charge in [0.15, 0.2) is 5.69 Å². The predicted octanol–water partition coefficient (Wildman–Crippen LogP) is 6.54. The van der Waals surface area contributed by atoms with Crippen LogP contribution in [-0.2, 0) is 20.7 Å². The maximum Gasteiger partial charge on any atom is 0.331 e. The highest BCUT2D eigenvalue weighted by molar-refractivity contribution is 5.91. The molecular formula is C33H41FN2O5. The minimum Gasteiger partial charge on any atom is -0.458 e. The molecule has 1 aromatic carbocycles. The van der Waals surface area contributed by atoms with Crippen LogP contribution in [0.3, 0.4) is 0 Å². The third kappa shape index (κ3) is 7.53. The molecule has 5 rings (SSSR count). The Hall–Kier alpha value is -3.26. The molecule has 3 aliphatic rings. The van der Waals surface area contributed by atoms with Crippen molar-refractivity contribution in [2.24, 2.45) is 11.8 Å². The Bertz CT molecular complexity index is 1230. The smallest absolute Gasteiger partial charge is 0.331 e. The zero-order valence-electron chi connectivity index (χ0n) is 23.7. The molecule has 220 valence electrons. The van der Waals surface area contributed by atoms with Gasteiger partial charge in [-0.1, -0.05) is 63.7 Å². The highest BCUT2D eigenvalue weighted by Gasteiger charge is 2.51. The third-order valence-corrected chi connectivity index (χ3v) is 8.82. The summed E-state index contributed by atoms with van der Waals surface area (Å²) in [6.45, 7) is 4.29. The maximum atomic E-state index is 14.3. The van der Waals surface area contributed by atoms with Gasteiger partial charge in [0.05, 0.1) is 18.1 Å². The molecule has 1 aromatic heterocycles. The van der Waals surface area contributed by atoms with Gasteiger partial charge in [-0.2, -0.15) is 0 Å². The predicted molar refractivity (Wildman–Crippen MR) is 154 cm³/mol. The molecule has 0 spiro atoms. The van der Waals surface area contributed by atoms with Gasteiger partial charge in [0.1, 0.15) is 18.7 Å². The first-order valence-corrected chi connectivity index (χ1v) is 15.1. The minimum atomic E-state index is -0.490. The minimum absolute atomic E-state index is 0.00371. The molecule has 2 aliphatic heterocycles. The second kappa shape index (κ2) is 14.1. The van der Waals surface area contributed by atoms with Gasteiger partial charge >= 0.3 is 5.97 Å². The van der Waals surface area contributed by atoms with Crippen LogP contribution in [0.5, 0.6) is 0 Å². The van der Waals surface area contributed by atoms with Gasteiger partial charge in [-0.15, -0.1) is 0 Å². The Labute approximate surface area is 241 Å². The van der Waals surface area contributed by atoms with E-state index in [1.54, 1.807) is 12.1 Å². The topological polar surface area (TPSA) is 90.7 Å². The quantitative estimate of drug-likeness (QED) is 0.129. The van der Waals surface area contributed by atoms with Crippen LogP contribution in [0.15, 0.2) is 47.6 Å². The highest BCUT2D eigenvalue weighted by Crippen LogP contribution is 2.50. The Balaban J connectivity index is 1.20. The van der Waals surface area contributed by atoms with E-state index in [0.717, 1.165) is 42.7 Å². The molecule has 0 radical (unpaired) electrons. The molecule has 3 fully saturated rings. The number of hydrogen-bond donors (Lipinski definition) is 1. The maximum absolute atomic E-state index is 14.3. The number of nitrogens with one attached hydrogen (secondary N) is 1. The monoisotopic (exact) mass is 564 g/mol. The van der Waals surface area contributed by atoms with Crippen molar-refractivity contribution < 1.29 is 27.9 Å². The van der Waals surface area contributed by atoms with E-state index in [-0.39, 0.29) is 48.1 Å². The summed E-state index contributed by atoms with van der Waals surface area (Å²) >= 11 is 0. The van der Waals surface area contributed by atoms with Crippen molar-refractivity contribution >= 4 is 18.0 Å². The van der Waals surface area contributed by atoms with Crippen molar-refractivity contribution in [3.63, 3.8) is 0 Å². The average molecular weight is 565 g/mol. The first-order chi connectivity index (χ1) is 20.0. The number of ether oxygens (including phenoxy) is 2. The lowest BCUT2D eigenvalue weighted by molar-refractivity contribution is -0.136. The van der Waals surface area contributed by atoms with Crippen molar-refractivity contribution in [2.75, 3.05) is 13.2 Å². The first kappa shape index (κ1) is 29.2. The number of hydrogen-bond acceptors (Lipinski definition) is 6. The van der Waals surface area contributed by atoms with Gasteiger partial charge in [0.25, 0.3) is 5.91 Å². The SMILES string of the molecule is C=CCOC(=O)/C=C/c1ccc(F)cc1CC1C2CCC(O2)C1c1nc(C(=O)NCCCCC2CCCCC2)co1. The van der Waals surface area contributed by atoms with Crippen molar-refractivity contribution in [1.29, 1.82) is 0 Å². The molecule has 8 heteroatoms. The molecule has 1 N–H and O–H groups in total. The summed E-state index contributed by atoms with van der Waals surface area (Å²) in [7, 11) is 0. The Kier molecular flexibility index (Phi) is 10.0. The Morgan fingerprint density at radius 2 is 1.95 bits per heavy atom. The Morgan fingerprint density at radius 1 is 1.12 bits per heavy atom. The number of fused-ring (bicyclic) bond motifs is 2. The molecule has 4 unspecified atom stereocenters. The van der Waals surface area contributed by atoms with E-state index in [9.17, 15) is 14.0 Å². The van der Waals surface area contributed by atoms with E-state index >= 15 is 0 Å². The highest BCUT2D eigenvalue weighted by atomic mass is 19.1. The summed E-state index contributed by atoms with van der Waals surface area (Å²) in [6, 6.07) is 4.54. The van der Waals surface area contributed by atoms with Gasteiger partial charge in [0.2, 0.25) is 5.89 Å². The number of aromatic nitrogens is 1. The number of unbranched alkanes of at least 4 members (excludes halogenated alkanes) is 1. The molecule has 1 saturated carbocycles. The number of oxazole rings is 1. The number of benzene rings is 1. The Morgan fingerprint density at radius 3 is 2.78 bits per heavy atom. The summed E-state index contributed by atoms with van der Waals surface area (Å²) in [5, 5.41) is 2.99. The molecule has 41 heavy (non-hydrogen) atoms. The number of esters is 1. The van der Waals surface area contributed by atoms with E-state index < -0.39 is 5.97 Å². The van der Waals surface area contributed by atoms with Crippen LogP contribution in [-0.4, -0.2) is 42.2 Å². The normalized spacial score (nSPS) is 24.1. The standard InChI is InChI=1S/C33H41FN2O5/c1-2-18-39-30(37)16-12-23-11-13-25(34)19-24(23)20-26-28-14-15-29(41-28)31(26)33-36-27(21-40-33)32(38)35-17-7-6-10-22-8-4-3-5-9-22/h2,11-13,16,19,21-22,26,28-29,31H,1,3-10,14-15,17-18,20H2,(H,35,38)/b16-12+. The van der Waals surface area contributed by atoms with Crippen LogP contribution in [0, 0.1) is 17.7 Å². The summed E-state index contributed by atoms with van der Waals surface area (Å²) < 4.78 is 31.4. The summed E-state index contributed by atoms with van der Waals surface area (Å²) in [5.74, 6) is 0.156. The van der Waals surface area contributed by atoms with E-state index in [4.69, 9.17) is 13.9 Å². The average Bonchev–Trinajstić information content (AvgIpc) is 3.73. The number of nitrogens with zero attached hydrogens (tertiary/aromatic N) is 1. The molecule has 3 heterocycles. The summed E-state index contributed by atoms with van der Waals surface area (Å²) in [6.07, 6.45) is 18.3. The van der Waals surface area contributed by atoms with Crippen molar-refractivity contribution in [3.05, 3.63) is 71.7 Å². The first-order valence-electron chi connectivity index (χ1n) is 15.1. The molecule has 4 atom stereocenters.